The van der Waals surface area contributed by atoms with Crippen LogP contribution in [0.1, 0.15) is 80.8 Å². The van der Waals surface area contributed by atoms with Crippen LogP contribution in [0.2, 0.25) is 0 Å². The molecule has 1 aromatic rings. The number of ketones is 1. The lowest BCUT2D eigenvalue weighted by Crippen LogP contribution is -2.54. The molecule has 3 heteroatoms. The van der Waals surface area contributed by atoms with E-state index in [-0.39, 0.29) is 17.1 Å². The van der Waals surface area contributed by atoms with E-state index in [0.29, 0.717) is 12.3 Å². The molecule has 3 nitrogen and oxygen atoms in total. The van der Waals surface area contributed by atoms with Crippen molar-refractivity contribution in [2.24, 2.45) is 5.92 Å². The van der Waals surface area contributed by atoms with Crippen molar-refractivity contribution < 1.29 is 14.9 Å². The second-order valence-corrected chi connectivity index (χ2v) is 7.81. The second-order valence-electron chi connectivity index (χ2n) is 7.81. The van der Waals surface area contributed by atoms with Gasteiger partial charge in [0, 0.05) is 17.9 Å². The summed E-state index contributed by atoms with van der Waals surface area (Å²) in [6.07, 6.45) is 3.31. The van der Waals surface area contributed by atoms with Crippen molar-refractivity contribution in [3.63, 3.8) is 0 Å². The van der Waals surface area contributed by atoms with Crippen LogP contribution in [0.3, 0.4) is 0 Å². The smallest absolute Gasteiger partial charge is 0.163 e. The second kappa shape index (κ2) is 5.17. The molecule has 0 aromatic heterocycles. The monoisotopic (exact) mass is 302 g/mol. The largest absolute Gasteiger partial charge is 0.294 e. The van der Waals surface area contributed by atoms with Gasteiger partial charge < -0.3 is 0 Å². The summed E-state index contributed by atoms with van der Waals surface area (Å²) in [6.45, 7) is 8.47. The van der Waals surface area contributed by atoms with Crippen molar-refractivity contribution in [2.75, 3.05) is 0 Å². The molecule has 2 aliphatic carbocycles. The molecule has 0 spiro atoms. The molecule has 0 aliphatic heterocycles. The van der Waals surface area contributed by atoms with E-state index in [2.05, 4.69) is 39.0 Å². The molecule has 0 radical (unpaired) electrons. The predicted octanol–water partition coefficient (Wildman–Crippen LogP) is 4.70. The summed E-state index contributed by atoms with van der Waals surface area (Å²) in [5, 5.41) is 9.44. The van der Waals surface area contributed by atoms with E-state index < -0.39 is 5.60 Å². The van der Waals surface area contributed by atoms with Crippen LogP contribution >= 0.6 is 0 Å². The molecule has 22 heavy (non-hydrogen) atoms. The van der Waals surface area contributed by atoms with Crippen molar-refractivity contribution in [1.82, 2.24) is 0 Å². The van der Waals surface area contributed by atoms with Crippen molar-refractivity contribution >= 4 is 5.78 Å². The van der Waals surface area contributed by atoms with Gasteiger partial charge in [-0.15, -0.1) is 0 Å². The van der Waals surface area contributed by atoms with Crippen LogP contribution in [-0.4, -0.2) is 16.6 Å². The lowest BCUT2D eigenvalue weighted by atomic mass is 9.53. The highest BCUT2D eigenvalue weighted by Crippen LogP contribution is 2.54. The maximum Gasteiger partial charge on any atom is 0.163 e. The highest BCUT2D eigenvalue weighted by Gasteiger charge is 2.54. The normalized spacial score (nSPS) is 34.5. The topological polar surface area (TPSA) is 46.5 Å². The third-order valence-corrected chi connectivity index (χ3v) is 6.10. The summed E-state index contributed by atoms with van der Waals surface area (Å²) in [5.41, 5.74) is 2.50. The van der Waals surface area contributed by atoms with E-state index >= 15 is 0 Å². The molecule has 0 heterocycles. The van der Waals surface area contributed by atoms with Gasteiger partial charge in [0.2, 0.25) is 0 Å². The molecule has 3 unspecified atom stereocenters. The highest BCUT2D eigenvalue weighted by molar-refractivity contribution is 5.99. The average molecular weight is 302 g/mol. The zero-order valence-corrected chi connectivity index (χ0v) is 14.0. The Morgan fingerprint density at radius 1 is 1.27 bits per heavy atom. The maximum absolute atomic E-state index is 12.7. The van der Waals surface area contributed by atoms with Gasteiger partial charge in [-0.25, -0.2) is 4.89 Å². The molecule has 120 valence electrons. The van der Waals surface area contributed by atoms with Gasteiger partial charge in [-0.05, 0) is 54.7 Å². The maximum atomic E-state index is 12.7. The van der Waals surface area contributed by atoms with E-state index in [9.17, 15) is 10.1 Å². The van der Waals surface area contributed by atoms with E-state index in [1.165, 1.54) is 5.56 Å². The molecule has 1 aromatic carbocycles. The Kier molecular flexibility index (Phi) is 3.69. The molecular weight excluding hydrogens is 276 g/mol. The Bertz CT molecular complexity index is 607. The molecule has 0 bridgehead atoms. The Labute approximate surface area is 132 Å². The van der Waals surface area contributed by atoms with Crippen LogP contribution in [0.4, 0.5) is 0 Å². The van der Waals surface area contributed by atoms with Crippen LogP contribution in [0.25, 0.3) is 0 Å². The molecule has 1 N–H and O–H groups in total. The summed E-state index contributed by atoms with van der Waals surface area (Å²) < 4.78 is 0. The van der Waals surface area contributed by atoms with Gasteiger partial charge in [0.1, 0.15) is 5.60 Å². The fourth-order valence-electron chi connectivity index (χ4n) is 4.65. The SMILES string of the molecule is CC(C)c1ccc2c(c1)C(=O)CC1C(C)(OO)CCCC21C. The van der Waals surface area contributed by atoms with Crippen LogP contribution < -0.4 is 0 Å². The van der Waals surface area contributed by atoms with E-state index in [1.807, 2.05) is 6.92 Å². The van der Waals surface area contributed by atoms with Crippen LogP contribution in [-0.2, 0) is 10.3 Å². The first-order valence-corrected chi connectivity index (χ1v) is 8.32. The highest BCUT2D eigenvalue weighted by atomic mass is 17.1. The number of hydrogen-bond donors (Lipinski definition) is 1. The fraction of sp³-hybridized carbons (Fsp3) is 0.632. The standard InChI is InChI=1S/C19H26O3/c1-12(2)13-6-7-15-14(10-13)16(20)11-17-18(15,3)8-5-9-19(17,4)22-21/h6-7,10,12,17,21H,5,8-9,11H2,1-4H3. The van der Waals surface area contributed by atoms with Crippen molar-refractivity contribution in [3.8, 4) is 0 Å². The summed E-state index contributed by atoms with van der Waals surface area (Å²) in [4.78, 5) is 17.6. The van der Waals surface area contributed by atoms with Gasteiger partial charge in [0.15, 0.2) is 5.78 Å². The van der Waals surface area contributed by atoms with E-state index in [0.717, 1.165) is 30.4 Å². The van der Waals surface area contributed by atoms with Crippen LogP contribution in [0, 0.1) is 5.92 Å². The van der Waals surface area contributed by atoms with Gasteiger partial charge >= 0.3 is 0 Å². The quantitative estimate of drug-likeness (QED) is 0.636. The van der Waals surface area contributed by atoms with Crippen molar-refractivity contribution in [1.29, 1.82) is 0 Å². The van der Waals surface area contributed by atoms with E-state index in [1.54, 1.807) is 0 Å². The Hall–Kier alpha value is -1.19. The minimum Gasteiger partial charge on any atom is -0.294 e. The number of Topliss-reactive ketones (excluding diaryl/α,β-unsaturated/α-hetero) is 1. The zero-order valence-electron chi connectivity index (χ0n) is 14.0. The van der Waals surface area contributed by atoms with Crippen molar-refractivity contribution in [3.05, 3.63) is 34.9 Å². The first kappa shape index (κ1) is 15.7. The van der Waals surface area contributed by atoms with Gasteiger partial charge in [0.25, 0.3) is 0 Å². The summed E-state index contributed by atoms with van der Waals surface area (Å²) in [7, 11) is 0. The number of fused-ring (bicyclic) bond motifs is 3. The van der Waals surface area contributed by atoms with Crippen molar-refractivity contribution in [2.45, 2.75) is 70.3 Å². The van der Waals surface area contributed by atoms with E-state index in [4.69, 9.17) is 4.89 Å². The third kappa shape index (κ3) is 2.14. The fourth-order valence-corrected chi connectivity index (χ4v) is 4.65. The molecule has 3 rings (SSSR count). The van der Waals surface area contributed by atoms with Gasteiger partial charge in [-0.3, -0.25) is 10.1 Å². The Morgan fingerprint density at radius 2 is 2.00 bits per heavy atom. The molecule has 2 aliphatic rings. The lowest BCUT2D eigenvalue weighted by molar-refractivity contribution is -0.344. The molecule has 0 saturated heterocycles. The summed E-state index contributed by atoms with van der Waals surface area (Å²) in [6, 6.07) is 6.36. The first-order valence-electron chi connectivity index (χ1n) is 8.32. The minimum absolute atomic E-state index is 0.0312. The number of carbonyl (C=O) groups is 1. The number of hydrogen-bond acceptors (Lipinski definition) is 3. The number of carbonyl (C=O) groups excluding carboxylic acids is 1. The Morgan fingerprint density at radius 3 is 2.64 bits per heavy atom. The minimum atomic E-state index is -0.628. The Balaban J connectivity index is 2.14. The summed E-state index contributed by atoms with van der Waals surface area (Å²) >= 11 is 0. The third-order valence-electron chi connectivity index (χ3n) is 6.10. The number of benzene rings is 1. The number of rotatable bonds is 2. The van der Waals surface area contributed by atoms with Gasteiger partial charge in [-0.1, -0.05) is 32.9 Å². The summed E-state index contributed by atoms with van der Waals surface area (Å²) in [5.74, 6) is 0.634. The molecular formula is C19H26O3. The molecule has 0 amide bonds. The van der Waals surface area contributed by atoms with Gasteiger partial charge in [0.05, 0.1) is 0 Å². The van der Waals surface area contributed by atoms with Gasteiger partial charge in [-0.2, -0.15) is 0 Å². The lowest BCUT2D eigenvalue weighted by Gasteiger charge is -2.53. The molecule has 1 fully saturated rings. The van der Waals surface area contributed by atoms with Crippen LogP contribution in [0.5, 0.6) is 0 Å². The average Bonchev–Trinajstić information content (AvgIpc) is 2.49. The molecule has 3 atom stereocenters. The van der Waals surface area contributed by atoms with Crippen LogP contribution in [0.15, 0.2) is 18.2 Å². The first-order chi connectivity index (χ1) is 10.3. The molecule has 1 saturated carbocycles. The predicted molar refractivity (Wildman–Crippen MR) is 86.3 cm³/mol. The zero-order chi connectivity index (χ0) is 16.1.